The van der Waals surface area contributed by atoms with Crippen molar-refractivity contribution in [2.75, 3.05) is 31.3 Å². The van der Waals surface area contributed by atoms with Crippen LogP contribution in [0, 0.1) is 0 Å². The third-order valence-electron chi connectivity index (χ3n) is 3.51. The third-order valence-corrected chi connectivity index (χ3v) is 3.86. The first kappa shape index (κ1) is 15.6. The van der Waals surface area contributed by atoms with Crippen LogP contribution in [0.25, 0.3) is 0 Å². The zero-order valence-electron chi connectivity index (χ0n) is 12.1. The highest BCUT2D eigenvalue weighted by molar-refractivity contribution is 6.31. The van der Waals surface area contributed by atoms with E-state index in [4.69, 9.17) is 16.3 Å². The zero-order chi connectivity index (χ0) is 14.5. The lowest BCUT2D eigenvalue weighted by Gasteiger charge is -2.36. The van der Waals surface area contributed by atoms with Crippen molar-refractivity contribution >= 4 is 17.3 Å². The molecule has 1 fully saturated rings. The molecular formula is C15H23ClN2O2. The van der Waals surface area contributed by atoms with Gasteiger partial charge in [-0.3, -0.25) is 0 Å². The summed E-state index contributed by atoms with van der Waals surface area (Å²) in [7, 11) is 0. The number of halogens is 1. The summed E-state index contributed by atoms with van der Waals surface area (Å²) < 4.78 is 5.40. The summed E-state index contributed by atoms with van der Waals surface area (Å²) in [6.45, 7) is 7.11. The van der Waals surface area contributed by atoms with Crippen molar-refractivity contribution < 1.29 is 9.84 Å². The molecule has 1 aliphatic rings. The van der Waals surface area contributed by atoms with Crippen LogP contribution in [0.5, 0.6) is 0 Å². The molecule has 0 saturated carbocycles. The molecule has 1 heterocycles. The number of nitrogens with zero attached hydrogens (tertiary/aromatic N) is 1. The summed E-state index contributed by atoms with van der Waals surface area (Å²) in [5.41, 5.74) is 2.14. The average Bonchev–Trinajstić information content (AvgIpc) is 2.45. The lowest BCUT2D eigenvalue weighted by molar-refractivity contribution is 0.0727. The largest absolute Gasteiger partial charge is 0.394 e. The van der Waals surface area contributed by atoms with E-state index in [1.54, 1.807) is 0 Å². The first-order valence-corrected chi connectivity index (χ1v) is 7.46. The van der Waals surface area contributed by atoms with Gasteiger partial charge in [-0.05, 0) is 17.7 Å². The Labute approximate surface area is 125 Å². The summed E-state index contributed by atoms with van der Waals surface area (Å²) in [6, 6.07) is 6.55. The lowest BCUT2D eigenvalue weighted by Crippen LogP contribution is -2.47. The molecule has 1 aromatic carbocycles. The quantitative estimate of drug-likeness (QED) is 0.873. The Morgan fingerprint density at radius 3 is 2.95 bits per heavy atom. The topological polar surface area (TPSA) is 44.7 Å². The normalized spacial score (nSPS) is 19.6. The minimum absolute atomic E-state index is 0.0134. The molecule has 0 bridgehead atoms. The highest BCUT2D eigenvalue weighted by Crippen LogP contribution is 2.26. The summed E-state index contributed by atoms with van der Waals surface area (Å²) in [4.78, 5) is 2.16. The number of anilines is 1. The van der Waals surface area contributed by atoms with E-state index >= 15 is 0 Å². The second-order valence-electron chi connectivity index (χ2n) is 5.42. The van der Waals surface area contributed by atoms with E-state index in [0.717, 1.165) is 29.4 Å². The van der Waals surface area contributed by atoms with Crippen LogP contribution in [0.1, 0.15) is 19.4 Å². The Kier molecular flexibility index (Phi) is 5.66. The minimum Gasteiger partial charge on any atom is -0.394 e. The number of nitrogens with one attached hydrogen (secondary N) is 1. The predicted molar refractivity (Wildman–Crippen MR) is 82.5 cm³/mol. The molecule has 1 unspecified atom stereocenters. The molecule has 0 spiro atoms. The molecule has 1 aliphatic heterocycles. The lowest BCUT2D eigenvalue weighted by atomic mass is 10.1. The summed E-state index contributed by atoms with van der Waals surface area (Å²) >= 11 is 6.36. The first-order valence-electron chi connectivity index (χ1n) is 7.09. The van der Waals surface area contributed by atoms with Crippen molar-refractivity contribution in [2.24, 2.45) is 0 Å². The van der Waals surface area contributed by atoms with Gasteiger partial charge in [-0.25, -0.2) is 0 Å². The van der Waals surface area contributed by atoms with Crippen molar-refractivity contribution in [3.05, 3.63) is 28.8 Å². The van der Waals surface area contributed by atoms with Gasteiger partial charge in [0.05, 0.1) is 25.9 Å². The maximum absolute atomic E-state index is 9.43. The highest BCUT2D eigenvalue weighted by Gasteiger charge is 2.22. The molecule has 0 aromatic heterocycles. The average molecular weight is 299 g/mol. The van der Waals surface area contributed by atoms with E-state index in [1.165, 1.54) is 0 Å². The fourth-order valence-corrected chi connectivity index (χ4v) is 2.56. The molecule has 2 rings (SSSR count). The SMILES string of the molecule is CC(C)NCc1ccc(N2CCOCC2CO)cc1Cl. The number of hydrogen-bond donors (Lipinski definition) is 2. The van der Waals surface area contributed by atoms with Crippen molar-refractivity contribution in [3.63, 3.8) is 0 Å². The van der Waals surface area contributed by atoms with E-state index < -0.39 is 0 Å². The second kappa shape index (κ2) is 7.27. The number of morpholine rings is 1. The summed E-state index contributed by atoms with van der Waals surface area (Å²) in [5.74, 6) is 0. The smallest absolute Gasteiger partial charge is 0.0755 e. The fourth-order valence-electron chi connectivity index (χ4n) is 2.32. The molecule has 2 N–H and O–H groups in total. The Bertz CT molecular complexity index is 440. The molecular weight excluding hydrogens is 276 g/mol. The van der Waals surface area contributed by atoms with Gasteiger partial charge >= 0.3 is 0 Å². The van der Waals surface area contributed by atoms with Gasteiger partial charge < -0.3 is 20.1 Å². The van der Waals surface area contributed by atoms with Crippen molar-refractivity contribution in [2.45, 2.75) is 32.5 Å². The molecule has 4 nitrogen and oxygen atoms in total. The van der Waals surface area contributed by atoms with E-state index in [9.17, 15) is 5.11 Å². The molecule has 112 valence electrons. The molecule has 0 aliphatic carbocycles. The van der Waals surface area contributed by atoms with Crippen LogP contribution in [-0.4, -0.2) is 43.6 Å². The van der Waals surface area contributed by atoms with Gasteiger partial charge in [0.2, 0.25) is 0 Å². The molecule has 5 heteroatoms. The maximum atomic E-state index is 9.43. The van der Waals surface area contributed by atoms with Gasteiger partial charge in [-0.2, -0.15) is 0 Å². The summed E-state index contributed by atoms with van der Waals surface area (Å²) in [6.07, 6.45) is 0. The van der Waals surface area contributed by atoms with Gasteiger partial charge in [0.25, 0.3) is 0 Å². The number of hydrogen-bond acceptors (Lipinski definition) is 4. The Morgan fingerprint density at radius 1 is 1.50 bits per heavy atom. The van der Waals surface area contributed by atoms with Crippen LogP contribution in [0.4, 0.5) is 5.69 Å². The monoisotopic (exact) mass is 298 g/mol. The fraction of sp³-hybridized carbons (Fsp3) is 0.600. The van der Waals surface area contributed by atoms with E-state index in [0.29, 0.717) is 19.3 Å². The van der Waals surface area contributed by atoms with Gasteiger partial charge in [-0.1, -0.05) is 31.5 Å². The van der Waals surface area contributed by atoms with Gasteiger partial charge in [0.15, 0.2) is 0 Å². The van der Waals surface area contributed by atoms with E-state index in [1.807, 2.05) is 6.07 Å². The standard InChI is InChI=1S/C15H23ClN2O2/c1-11(2)17-8-12-3-4-13(7-15(12)16)18-5-6-20-10-14(18)9-19/h3-4,7,11,14,17,19H,5-6,8-10H2,1-2H3. The van der Waals surface area contributed by atoms with Crippen molar-refractivity contribution in [3.8, 4) is 0 Å². The Balaban J connectivity index is 2.11. The van der Waals surface area contributed by atoms with Crippen LogP contribution >= 0.6 is 11.6 Å². The number of ether oxygens (including phenoxy) is 1. The highest BCUT2D eigenvalue weighted by atomic mass is 35.5. The number of benzene rings is 1. The van der Waals surface area contributed by atoms with Crippen molar-refractivity contribution in [1.82, 2.24) is 5.32 Å². The van der Waals surface area contributed by atoms with Gasteiger partial charge in [0, 0.05) is 29.8 Å². The molecule has 1 aromatic rings. The van der Waals surface area contributed by atoms with Crippen LogP contribution in [0.15, 0.2) is 18.2 Å². The third kappa shape index (κ3) is 3.85. The van der Waals surface area contributed by atoms with Crippen LogP contribution in [-0.2, 0) is 11.3 Å². The molecule has 1 atom stereocenters. The Hall–Kier alpha value is -0.810. The first-order chi connectivity index (χ1) is 9.61. The minimum atomic E-state index is 0.0134. The number of aliphatic hydroxyl groups excluding tert-OH is 1. The van der Waals surface area contributed by atoms with Crippen LogP contribution in [0.2, 0.25) is 5.02 Å². The predicted octanol–water partition coefficient (Wildman–Crippen LogP) is 2.04. The molecule has 1 saturated heterocycles. The van der Waals surface area contributed by atoms with E-state index in [-0.39, 0.29) is 12.6 Å². The molecule has 0 amide bonds. The second-order valence-corrected chi connectivity index (χ2v) is 5.82. The van der Waals surface area contributed by atoms with Gasteiger partial charge in [0.1, 0.15) is 0 Å². The van der Waals surface area contributed by atoms with Gasteiger partial charge in [-0.15, -0.1) is 0 Å². The Morgan fingerprint density at radius 2 is 2.30 bits per heavy atom. The van der Waals surface area contributed by atoms with Crippen LogP contribution in [0.3, 0.4) is 0 Å². The zero-order valence-corrected chi connectivity index (χ0v) is 12.9. The summed E-state index contributed by atoms with van der Waals surface area (Å²) in [5, 5.41) is 13.6. The molecule has 0 radical (unpaired) electrons. The van der Waals surface area contributed by atoms with Crippen molar-refractivity contribution in [1.29, 1.82) is 0 Å². The van der Waals surface area contributed by atoms with Crippen LogP contribution < -0.4 is 10.2 Å². The number of aliphatic hydroxyl groups is 1. The van der Waals surface area contributed by atoms with E-state index in [2.05, 4.69) is 36.2 Å². The molecule has 20 heavy (non-hydrogen) atoms. The maximum Gasteiger partial charge on any atom is 0.0755 e. The number of rotatable bonds is 5.